The van der Waals surface area contributed by atoms with Crippen LogP contribution in [0.5, 0.6) is 0 Å². The van der Waals surface area contributed by atoms with Crippen molar-refractivity contribution in [1.82, 2.24) is 4.90 Å². The summed E-state index contributed by atoms with van der Waals surface area (Å²) in [5, 5.41) is 3.82. The summed E-state index contributed by atoms with van der Waals surface area (Å²) in [5.41, 5.74) is 1.30. The molecule has 1 N–H and O–H groups in total. The van der Waals surface area contributed by atoms with Crippen LogP contribution in [-0.4, -0.2) is 44.2 Å². The Kier molecular flexibility index (Phi) is 4.09. The molecule has 1 aromatic rings. The third-order valence-electron chi connectivity index (χ3n) is 3.13. The topological polar surface area (TPSA) is 41.6 Å². The first kappa shape index (κ1) is 13.2. The lowest BCUT2D eigenvalue weighted by Crippen LogP contribution is -2.23. The number of likely N-dealkylation sites (N-methyl/N-ethyl adjacent to an activating group) is 1. The summed E-state index contributed by atoms with van der Waals surface area (Å²) in [5.74, 6) is -0.410. The van der Waals surface area contributed by atoms with E-state index in [1.807, 2.05) is 6.07 Å². The van der Waals surface area contributed by atoms with Crippen molar-refractivity contribution in [2.24, 2.45) is 0 Å². The molecule has 0 spiro atoms. The molecule has 1 fully saturated rings. The Morgan fingerprint density at radius 2 is 2.33 bits per heavy atom. The van der Waals surface area contributed by atoms with Crippen molar-refractivity contribution >= 4 is 23.3 Å². The second-order valence-corrected chi connectivity index (χ2v) is 4.99. The molecular formula is C13H17ClN2O2. The highest BCUT2D eigenvalue weighted by Crippen LogP contribution is 2.23. The van der Waals surface area contributed by atoms with Crippen molar-refractivity contribution in [2.75, 3.05) is 32.6 Å². The number of rotatable bonds is 3. The molecule has 0 aromatic heterocycles. The van der Waals surface area contributed by atoms with Gasteiger partial charge in [0.1, 0.15) is 0 Å². The van der Waals surface area contributed by atoms with Crippen molar-refractivity contribution in [3.05, 3.63) is 28.8 Å². The number of carbonyl (C=O) groups excluding carboxylic acids is 1. The molecule has 1 unspecified atom stereocenters. The maximum Gasteiger partial charge on any atom is 0.339 e. The summed E-state index contributed by atoms with van der Waals surface area (Å²) in [7, 11) is 3.45. The number of anilines is 1. The SMILES string of the molecule is COC(=O)c1cc(NC2CCN(C)C2)ccc1Cl. The molecule has 1 aliphatic heterocycles. The Hall–Kier alpha value is -1.26. The van der Waals surface area contributed by atoms with Crippen LogP contribution in [0.3, 0.4) is 0 Å². The van der Waals surface area contributed by atoms with Gasteiger partial charge in [-0.2, -0.15) is 0 Å². The van der Waals surface area contributed by atoms with E-state index in [-0.39, 0.29) is 0 Å². The van der Waals surface area contributed by atoms with E-state index in [9.17, 15) is 4.79 Å². The summed E-state index contributed by atoms with van der Waals surface area (Å²) in [6.45, 7) is 2.10. The highest BCUT2D eigenvalue weighted by atomic mass is 35.5. The quantitative estimate of drug-likeness (QED) is 0.854. The number of ether oxygens (including phenoxy) is 1. The van der Waals surface area contributed by atoms with Crippen LogP contribution in [0, 0.1) is 0 Å². The van der Waals surface area contributed by atoms with Crippen LogP contribution >= 0.6 is 11.6 Å². The number of methoxy groups -OCH3 is 1. The van der Waals surface area contributed by atoms with Gasteiger partial charge < -0.3 is 15.0 Å². The minimum atomic E-state index is -0.410. The first-order valence-corrected chi connectivity index (χ1v) is 6.31. The third kappa shape index (κ3) is 2.94. The lowest BCUT2D eigenvalue weighted by atomic mass is 10.1. The molecule has 0 aliphatic carbocycles. The Morgan fingerprint density at radius 3 is 2.94 bits per heavy atom. The molecule has 4 nitrogen and oxygen atoms in total. The van der Waals surface area contributed by atoms with E-state index >= 15 is 0 Å². The first-order valence-electron chi connectivity index (χ1n) is 5.93. The Bertz CT molecular complexity index is 451. The minimum absolute atomic E-state index is 0.399. The molecule has 1 aliphatic rings. The van der Waals surface area contributed by atoms with Crippen LogP contribution in [0.2, 0.25) is 5.02 Å². The molecular weight excluding hydrogens is 252 g/mol. The van der Waals surface area contributed by atoms with Crippen molar-refractivity contribution in [1.29, 1.82) is 0 Å². The van der Waals surface area contributed by atoms with Crippen LogP contribution in [0.15, 0.2) is 18.2 Å². The summed E-state index contributed by atoms with van der Waals surface area (Å²) < 4.78 is 4.70. The number of nitrogens with zero attached hydrogens (tertiary/aromatic N) is 1. The number of carbonyl (C=O) groups is 1. The molecule has 0 amide bonds. The summed E-state index contributed by atoms with van der Waals surface area (Å²) in [6, 6.07) is 5.76. The van der Waals surface area contributed by atoms with E-state index in [1.165, 1.54) is 7.11 Å². The summed E-state index contributed by atoms with van der Waals surface area (Å²) in [6.07, 6.45) is 1.10. The van der Waals surface area contributed by atoms with Gasteiger partial charge in [-0.3, -0.25) is 0 Å². The Labute approximate surface area is 112 Å². The number of hydrogen-bond donors (Lipinski definition) is 1. The zero-order valence-corrected chi connectivity index (χ0v) is 11.3. The lowest BCUT2D eigenvalue weighted by Gasteiger charge is -2.15. The van der Waals surface area contributed by atoms with Gasteiger partial charge in [-0.05, 0) is 38.2 Å². The van der Waals surface area contributed by atoms with Gasteiger partial charge in [0.2, 0.25) is 0 Å². The van der Waals surface area contributed by atoms with Gasteiger partial charge in [-0.15, -0.1) is 0 Å². The fourth-order valence-corrected chi connectivity index (χ4v) is 2.36. The largest absolute Gasteiger partial charge is 0.465 e. The van der Waals surface area contributed by atoms with Crippen molar-refractivity contribution < 1.29 is 9.53 Å². The van der Waals surface area contributed by atoms with Crippen LogP contribution in [-0.2, 0) is 4.74 Å². The molecule has 98 valence electrons. The number of likely N-dealkylation sites (tertiary alicyclic amines) is 1. The maximum absolute atomic E-state index is 11.5. The van der Waals surface area contributed by atoms with Crippen molar-refractivity contribution in [3.63, 3.8) is 0 Å². The molecule has 1 saturated heterocycles. The molecule has 0 saturated carbocycles. The standard InChI is InChI=1S/C13H17ClN2O2/c1-16-6-5-10(8-16)15-9-3-4-12(14)11(7-9)13(17)18-2/h3-4,7,10,15H,5-6,8H2,1-2H3. The third-order valence-corrected chi connectivity index (χ3v) is 3.46. The van der Waals surface area contributed by atoms with Crippen molar-refractivity contribution in [3.8, 4) is 0 Å². The molecule has 0 bridgehead atoms. The zero-order chi connectivity index (χ0) is 13.1. The van der Waals surface area contributed by atoms with E-state index in [1.54, 1.807) is 12.1 Å². The fourth-order valence-electron chi connectivity index (χ4n) is 2.17. The molecule has 5 heteroatoms. The fraction of sp³-hybridized carbons (Fsp3) is 0.462. The van der Waals surface area contributed by atoms with Gasteiger partial charge in [-0.25, -0.2) is 4.79 Å². The van der Waals surface area contributed by atoms with Crippen LogP contribution in [0.4, 0.5) is 5.69 Å². The highest BCUT2D eigenvalue weighted by Gasteiger charge is 2.19. The molecule has 1 atom stereocenters. The number of benzene rings is 1. The average molecular weight is 269 g/mol. The smallest absolute Gasteiger partial charge is 0.339 e. The summed E-state index contributed by atoms with van der Waals surface area (Å²) >= 11 is 5.97. The zero-order valence-electron chi connectivity index (χ0n) is 10.6. The number of hydrogen-bond acceptors (Lipinski definition) is 4. The summed E-state index contributed by atoms with van der Waals surface area (Å²) in [4.78, 5) is 13.8. The van der Waals surface area contributed by atoms with E-state index in [0.29, 0.717) is 16.6 Å². The molecule has 0 radical (unpaired) electrons. The number of esters is 1. The molecule has 1 heterocycles. The van der Waals surface area contributed by atoms with Gasteiger partial charge in [0.05, 0.1) is 17.7 Å². The predicted molar refractivity (Wildman–Crippen MR) is 72.3 cm³/mol. The lowest BCUT2D eigenvalue weighted by molar-refractivity contribution is 0.0601. The molecule has 18 heavy (non-hydrogen) atoms. The average Bonchev–Trinajstić information content (AvgIpc) is 2.76. The van der Waals surface area contributed by atoms with Gasteiger partial charge in [0.25, 0.3) is 0 Å². The van der Waals surface area contributed by atoms with Gasteiger partial charge in [0.15, 0.2) is 0 Å². The van der Waals surface area contributed by atoms with E-state index < -0.39 is 5.97 Å². The second kappa shape index (κ2) is 5.59. The van der Waals surface area contributed by atoms with E-state index in [0.717, 1.165) is 25.2 Å². The normalized spacial score (nSPS) is 19.8. The highest BCUT2D eigenvalue weighted by molar-refractivity contribution is 6.33. The minimum Gasteiger partial charge on any atom is -0.465 e. The molecule has 2 rings (SSSR count). The van der Waals surface area contributed by atoms with E-state index in [2.05, 4.69) is 17.3 Å². The Morgan fingerprint density at radius 1 is 1.56 bits per heavy atom. The van der Waals surface area contributed by atoms with Crippen LogP contribution in [0.1, 0.15) is 16.8 Å². The predicted octanol–water partition coefficient (Wildman–Crippen LogP) is 2.24. The number of nitrogens with one attached hydrogen (secondary N) is 1. The number of halogens is 1. The van der Waals surface area contributed by atoms with Crippen LogP contribution in [0.25, 0.3) is 0 Å². The molecule has 1 aromatic carbocycles. The first-order chi connectivity index (χ1) is 8.60. The van der Waals surface area contributed by atoms with E-state index in [4.69, 9.17) is 16.3 Å². The van der Waals surface area contributed by atoms with Crippen LogP contribution < -0.4 is 5.32 Å². The van der Waals surface area contributed by atoms with Gasteiger partial charge >= 0.3 is 5.97 Å². The Balaban J connectivity index is 2.12. The maximum atomic E-state index is 11.5. The van der Waals surface area contributed by atoms with Gasteiger partial charge in [-0.1, -0.05) is 11.6 Å². The monoisotopic (exact) mass is 268 g/mol. The van der Waals surface area contributed by atoms with Gasteiger partial charge in [0, 0.05) is 18.3 Å². The second-order valence-electron chi connectivity index (χ2n) is 4.58. The van der Waals surface area contributed by atoms with Crippen molar-refractivity contribution in [2.45, 2.75) is 12.5 Å².